The van der Waals surface area contributed by atoms with Crippen molar-refractivity contribution in [3.63, 3.8) is 0 Å². The monoisotopic (exact) mass is 307 g/mol. The number of hydrogen-bond donors (Lipinski definition) is 2. The molecular formula is C15H21N3O4. The van der Waals surface area contributed by atoms with Crippen LogP contribution in [0.3, 0.4) is 0 Å². The molecule has 0 aliphatic carbocycles. The number of urea groups is 1. The lowest BCUT2D eigenvalue weighted by atomic mass is 9.96. The van der Waals surface area contributed by atoms with Crippen LogP contribution < -0.4 is 20.5 Å². The predicted octanol–water partition coefficient (Wildman–Crippen LogP) is 1.43. The van der Waals surface area contributed by atoms with Crippen molar-refractivity contribution in [2.45, 2.75) is 12.8 Å². The van der Waals surface area contributed by atoms with Gasteiger partial charge in [-0.1, -0.05) is 0 Å². The van der Waals surface area contributed by atoms with Crippen LogP contribution in [-0.2, 0) is 4.79 Å². The molecule has 1 aromatic rings. The van der Waals surface area contributed by atoms with Crippen LogP contribution in [0.4, 0.5) is 10.5 Å². The Balaban J connectivity index is 2.02. The van der Waals surface area contributed by atoms with E-state index in [2.05, 4.69) is 5.32 Å². The second-order valence-corrected chi connectivity index (χ2v) is 5.16. The van der Waals surface area contributed by atoms with Crippen molar-refractivity contribution in [3.8, 4) is 11.5 Å². The fraction of sp³-hybridized carbons (Fsp3) is 0.467. The molecule has 1 aromatic carbocycles. The fourth-order valence-corrected chi connectivity index (χ4v) is 2.47. The first-order valence-electron chi connectivity index (χ1n) is 7.12. The van der Waals surface area contributed by atoms with Gasteiger partial charge in [0.1, 0.15) is 11.5 Å². The zero-order chi connectivity index (χ0) is 16.1. The molecule has 7 nitrogen and oxygen atoms in total. The summed E-state index contributed by atoms with van der Waals surface area (Å²) in [4.78, 5) is 25.1. The number of methoxy groups -OCH3 is 2. The summed E-state index contributed by atoms with van der Waals surface area (Å²) < 4.78 is 10.4. The third-order valence-electron chi connectivity index (χ3n) is 3.83. The number of ether oxygens (including phenoxy) is 2. The maximum Gasteiger partial charge on any atom is 0.321 e. The first-order valence-corrected chi connectivity index (χ1v) is 7.12. The molecular weight excluding hydrogens is 286 g/mol. The first kappa shape index (κ1) is 15.9. The molecule has 0 bridgehead atoms. The van der Waals surface area contributed by atoms with Crippen LogP contribution in [0.2, 0.25) is 0 Å². The van der Waals surface area contributed by atoms with Gasteiger partial charge in [-0.25, -0.2) is 4.79 Å². The number of amides is 3. The van der Waals surface area contributed by atoms with E-state index in [1.165, 1.54) is 7.11 Å². The number of nitrogens with two attached hydrogens (primary N) is 1. The SMILES string of the molecule is COc1ccc(OC)c(NC(=O)N2CCC(C(N)=O)CC2)c1. The first-order chi connectivity index (χ1) is 10.5. The highest BCUT2D eigenvalue weighted by Gasteiger charge is 2.26. The van der Waals surface area contributed by atoms with Gasteiger partial charge in [0, 0.05) is 25.1 Å². The summed E-state index contributed by atoms with van der Waals surface area (Å²) in [5.41, 5.74) is 5.84. The van der Waals surface area contributed by atoms with E-state index in [0.29, 0.717) is 43.1 Å². The number of rotatable bonds is 4. The Morgan fingerprint density at radius 2 is 1.91 bits per heavy atom. The van der Waals surface area contributed by atoms with E-state index < -0.39 is 0 Å². The summed E-state index contributed by atoms with van der Waals surface area (Å²) in [7, 11) is 3.10. The maximum atomic E-state index is 12.3. The molecule has 1 heterocycles. The molecule has 1 saturated heterocycles. The Morgan fingerprint density at radius 1 is 1.23 bits per heavy atom. The summed E-state index contributed by atoms with van der Waals surface area (Å²) in [6.07, 6.45) is 1.19. The van der Waals surface area contributed by atoms with Crippen LogP contribution >= 0.6 is 0 Å². The molecule has 3 N–H and O–H groups in total. The molecule has 0 unspecified atom stereocenters. The number of carbonyl (C=O) groups excluding carboxylic acids is 2. The van der Waals surface area contributed by atoms with Crippen molar-refractivity contribution in [2.24, 2.45) is 11.7 Å². The van der Waals surface area contributed by atoms with Crippen molar-refractivity contribution in [1.82, 2.24) is 4.90 Å². The van der Waals surface area contributed by atoms with Gasteiger partial charge in [-0.3, -0.25) is 4.79 Å². The van der Waals surface area contributed by atoms with Gasteiger partial charge in [-0.15, -0.1) is 0 Å². The van der Waals surface area contributed by atoms with Gasteiger partial charge in [0.2, 0.25) is 5.91 Å². The predicted molar refractivity (Wildman–Crippen MR) is 82.1 cm³/mol. The molecule has 3 amide bonds. The summed E-state index contributed by atoms with van der Waals surface area (Å²) in [5, 5.41) is 2.82. The Labute approximate surface area is 129 Å². The molecule has 120 valence electrons. The van der Waals surface area contributed by atoms with Crippen LogP contribution in [0.5, 0.6) is 11.5 Å². The highest BCUT2D eigenvalue weighted by molar-refractivity contribution is 5.91. The minimum absolute atomic E-state index is 0.143. The highest BCUT2D eigenvalue weighted by atomic mass is 16.5. The highest BCUT2D eigenvalue weighted by Crippen LogP contribution is 2.29. The lowest BCUT2D eigenvalue weighted by Gasteiger charge is -2.30. The molecule has 0 atom stereocenters. The second kappa shape index (κ2) is 7.02. The number of carbonyl (C=O) groups is 2. The van der Waals surface area contributed by atoms with Crippen LogP contribution in [0, 0.1) is 5.92 Å². The van der Waals surface area contributed by atoms with E-state index in [-0.39, 0.29) is 17.9 Å². The van der Waals surface area contributed by atoms with E-state index in [0.717, 1.165) is 0 Å². The normalized spacial score (nSPS) is 15.3. The van der Waals surface area contributed by atoms with Crippen molar-refractivity contribution in [1.29, 1.82) is 0 Å². The average molecular weight is 307 g/mol. The van der Waals surface area contributed by atoms with Crippen LogP contribution in [0.25, 0.3) is 0 Å². The van der Waals surface area contributed by atoms with Gasteiger partial charge in [0.05, 0.1) is 19.9 Å². The number of anilines is 1. The summed E-state index contributed by atoms with van der Waals surface area (Å²) in [6.45, 7) is 1.01. The van der Waals surface area contributed by atoms with E-state index in [9.17, 15) is 9.59 Å². The van der Waals surface area contributed by atoms with E-state index >= 15 is 0 Å². The quantitative estimate of drug-likeness (QED) is 0.880. The van der Waals surface area contributed by atoms with Crippen LogP contribution in [0.1, 0.15) is 12.8 Å². The topological polar surface area (TPSA) is 93.9 Å². The zero-order valence-electron chi connectivity index (χ0n) is 12.8. The number of nitrogens with one attached hydrogen (secondary N) is 1. The minimum Gasteiger partial charge on any atom is -0.497 e. The van der Waals surface area contributed by atoms with Crippen molar-refractivity contribution in [2.75, 3.05) is 32.6 Å². The Hall–Kier alpha value is -2.44. The largest absolute Gasteiger partial charge is 0.497 e. The van der Waals surface area contributed by atoms with Gasteiger partial charge in [0.15, 0.2) is 0 Å². The lowest BCUT2D eigenvalue weighted by molar-refractivity contribution is -0.122. The van der Waals surface area contributed by atoms with Gasteiger partial charge in [0.25, 0.3) is 0 Å². The number of nitrogens with zero attached hydrogens (tertiary/aromatic N) is 1. The molecule has 0 spiro atoms. The second-order valence-electron chi connectivity index (χ2n) is 5.16. The van der Waals surface area contributed by atoms with Crippen molar-refractivity contribution >= 4 is 17.6 Å². The van der Waals surface area contributed by atoms with Crippen molar-refractivity contribution in [3.05, 3.63) is 18.2 Å². The Morgan fingerprint density at radius 3 is 2.45 bits per heavy atom. The lowest BCUT2D eigenvalue weighted by Crippen LogP contribution is -2.43. The molecule has 1 fully saturated rings. The minimum atomic E-state index is -0.297. The van der Waals surface area contributed by atoms with Gasteiger partial charge < -0.3 is 25.4 Å². The average Bonchev–Trinajstić information content (AvgIpc) is 2.54. The third kappa shape index (κ3) is 3.60. The Bertz CT molecular complexity index is 554. The number of piperidine rings is 1. The van der Waals surface area contributed by atoms with Gasteiger partial charge >= 0.3 is 6.03 Å². The Kier molecular flexibility index (Phi) is 5.08. The van der Waals surface area contributed by atoms with Crippen molar-refractivity contribution < 1.29 is 19.1 Å². The van der Waals surface area contributed by atoms with Gasteiger partial charge in [-0.2, -0.15) is 0 Å². The van der Waals surface area contributed by atoms with E-state index in [1.807, 2.05) is 0 Å². The molecule has 0 radical (unpaired) electrons. The van der Waals surface area contributed by atoms with E-state index in [1.54, 1.807) is 30.2 Å². The number of hydrogen-bond acceptors (Lipinski definition) is 4. The molecule has 0 aromatic heterocycles. The third-order valence-corrected chi connectivity index (χ3v) is 3.83. The summed E-state index contributed by atoms with van der Waals surface area (Å²) >= 11 is 0. The number of likely N-dealkylation sites (tertiary alicyclic amines) is 1. The molecule has 22 heavy (non-hydrogen) atoms. The maximum absolute atomic E-state index is 12.3. The standard InChI is InChI=1S/C15H21N3O4/c1-21-11-3-4-13(22-2)12(9-11)17-15(20)18-7-5-10(6-8-18)14(16)19/h3-4,9-10H,5-8H2,1-2H3,(H2,16,19)(H,17,20). The van der Waals surface area contributed by atoms with Crippen LogP contribution in [0.15, 0.2) is 18.2 Å². The smallest absolute Gasteiger partial charge is 0.321 e. The fourth-order valence-electron chi connectivity index (χ4n) is 2.47. The van der Waals surface area contributed by atoms with Gasteiger partial charge in [-0.05, 0) is 25.0 Å². The van der Waals surface area contributed by atoms with Crippen LogP contribution in [-0.4, -0.2) is 44.1 Å². The van der Waals surface area contributed by atoms with E-state index in [4.69, 9.17) is 15.2 Å². The summed E-state index contributed by atoms with van der Waals surface area (Å²) in [5.74, 6) is 0.745. The molecule has 1 aliphatic heterocycles. The number of benzene rings is 1. The molecule has 1 aliphatic rings. The molecule has 2 rings (SSSR count). The number of primary amides is 1. The molecule has 7 heteroatoms. The molecule has 0 saturated carbocycles. The summed E-state index contributed by atoms with van der Waals surface area (Å²) in [6, 6.07) is 4.96. The zero-order valence-corrected chi connectivity index (χ0v) is 12.8.